The van der Waals surface area contributed by atoms with Crippen LogP contribution in [0.2, 0.25) is 5.02 Å². The second-order valence-electron chi connectivity index (χ2n) is 9.09. The lowest BCUT2D eigenvalue weighted by molar-refractivity contribution is 0.0984. The number of anilines is 2. The maximum atomic E-state index is 13.7. The van der Waals surface area contributed by atoms with Crippen molar-refractivity contribution in [2.75, 3.05) is 10.2 Å². The van der Waals surface area contributed by atoms with Crippen LogP contribution in [0.4, 0.5) is 11.4 Å². The van der Waals surface area contributed by atoms with E-state index < -0.39 is 0 Å². The molecule has 0 bridgehead atoms. The molecule has 7 heteroatoms. The fourth-order valence-corrected chi connectivity index (χ4v) is 5.00. The topological polar surface area (TPSA) is 67.2 Å². The molecule has 6 rings (SSSR count). The fraction of sp³-hybridized carbons (Fsp3) is 0.0645. The zero-order valence-corrected chi connectivity index (χ0v) is 21.1. The van der Waals surface area contributed by atoms with Gasteiger partial charge in [-0.2, -0.15) is 0 Å². The van der Waals surface area contributed by atoms with Gasteiger partial charge < -0.3 is 14.8 Å². The van der Waals surface area contributed by atoms with Crippen LogP contribution in [-0.4, -0.2) is 21.4 Å². The molecule has 1 N–H and O–H groups in total. The average Bonchev–Trinajstić information content (AvgIpc) is 3.32. The SMILES string of the molecule is O=C(Nc1ccc(C(=O)N2Cc3cccn3Cc3ccccc32)c(Cl)c1)c1cccc(-c2ccccn2)c1. The number of nitrogens with one attached hydrogen (secondary N) is 1. The van der Waals surface area contributed by atoms with Gasteiger partial charge in [0.2, 0.25) is 0 Å². The first-order valence-corrected chi connectivity index (χ1v) is 12.6. The predicted molar refractivity (Wildman–Crippen MR) is 150 cm³/mol. The monoisotopic (exact) mass is 518 g/mol. The van der Waals surface area contributed by atoms with Crippen LogP contribution in [0.15, 0.2) is 109 Å². The third-order valence-electron chi connectivity index (χ3n) is 6.65. The van der Waals surface area contributed by atoms with Crippen LogP contribution in [-0.2, 0) is 13.1 Å². The summed E-state index contributed by atoms with van der Waals surface area (Å²) in [5.74, 6) is -0.474. The van der Waals surface area contributed by atoms with Gasteiger partial charge in [0.25, 0.3) is 11.8 Å². The summed E-state index contributed by atoms with van der Waals surface area (Å²) >= 11 is 6.61. The zero-order chi connectivity index (χ0) is 26.1. The predicted octanol–water partition coefficient (Wildman–Crippen LogP) is 6.66. The van der Waals surface area contributed by atoms with Gasteiger partial charge in [-0.15, -0.1) is 0 Å². The summed E-state index contributed by atoms with van der Waals surface area (Å²) < 4.78 is 2.15. The maximum absolute atomic E-state index is 13.7. The quantitative estimate of drug-likeness (QED) is 0.289. The van der Waals surface area contributed by atoms with Crippen LogP contribution in [0.5, 0.6) is 0 Å². The van der Waals surface area contributed by atoms with Crippen LogP contribution in [0.25, 0.3) is 11.3 Å². The number of halogens is 1. The third kappa shape index (κ3) is 4.58. The van der Waals surface area contributed by atoms with Crippen LogP contribution in [0.1, 0.15) is 32.0 Å². The minimum atomic E-state index is -0.278. The van der Waals surface area contributed by atoms with E-state index in [-0.39, 0.29) is 16.8 Å². The standard InChI is InChI=1S/C31H23ClN4O2/c32-27-18-24(34-30(37)22-9-5-8-21(17-22)28-11-3-4-15-33-28)13-14-26(27)31(38)36-20-25-10-6-16-35(25)19-23-7-1-2-12-29(23)36/h1-18H,19-20H2,(H,34,37). The largest absolute Gasteiger partial charge is 0.345 e. The van der Waals surface area contributed by atoms with Crippen molar-refractivity contribution in [3.8, 4) is 11.3 Å². The number of hydrogen-bond donors (Lipinski definition) is 1. The summed E-state index contributed by atoms with van der Waals surface area (Å²) in [6.07, 6.45) is 3.74. The van der Waals surface area contributed by atoms with Crippen molar-refractivity contribution in [3.63, 3.8) is 0 Å². The summed E-state index contributed by atoms with van der Waals surface area (Å²) in [7, 11) is 0. The number of para-hydroxylation sites is 1. The van der Waals surface area contributed by atoms with Crippen molar-refractivity contribution < 1.29 is 9.59 Å². The third-order valence-corrected chi connectivity index (χ3v) is 6.97. The van der Waals surface area contributed by atoms with Gasteiger partial charge in [-0.05, 0) is 66.2 Å². The summed E-state index contributed by atoms with van der Waals surface area (Å²) in [5, 5.41) is 3.16. The number of hydrogen-bond acceptors (Lipinski definition) is 3. The van der Waals surface area contributed by atoms with Gasteiger partial charge in [-0.25, -0.2) is 0 Å². The van der Waals surface area contributed by atoms with Gasteiger partial charge in [0.05, 0.1) is 22.8 Å². The number of carbonyl (C=O) groups excluding carboxylic acids is 2. The maximum Gasteiger partial charge on any atom is 0.260 e. The van der Waals surface area contributed by atoms with Crippen molar-refractivity contribution in [2.24, 2.45) is 0 Å². The minimum Gasteiger partial charge on any atom is -0.345 e. The molecule has 2 amide bonds. The second kappa shape index (κ2) is 10.00. The Morgan fingerprint density at radius 2 is 1.71 bits per heavy atom. The van der Waals surface area contributed by atoms with E-state index in [1.807, 2.05) is 72.9 Å². The van der Waals surface area contributed by atoms with E-state index in [9.17, 15) is 9.59 Å². The summed E-state index contributed by atoms with van der Waals surface area (Å²) in [4.78, 5) is 32.8. The molecular formula is C31H23ClN4O2. The van der Waals surface area contributed by atoms with E-state index in [0.29, 0.717) is 29.9 Å². The molecule has 38 heavy (non-hydrogen) atoms. The normalized spacial score (nSPS) is 12.3. The molecule has 0 atom stereocenters. The Balaban J connectivity index is 1.24. The average molecular weight is 519 g/mol. The molecule has 0 saturated carbocycles. The lowest BCUT2D eigenvalue weighted by Gasteiger charge is -2.23. The number of aromatic nitrogens is 2. The highest BCUT2D eigenvalue weighted by atomic mass is 35.5. The Kier molecular flexibility index (Phi) is 6.23. The van der Waals surface area contributed by atoms with Gasteiger partial charge in [-0.3, -0.25) is 14.6 Å². The van der Waals surface area contributed by atoms with Gasteiger partial charge in [0.15, 0.2) is 0 Å². The van der Waals surface area contributed by atoms with Gasteiger partial charge >= 0.3 is 0 Å². The molecule has 0 radical (unpaired) electrons. The van der Waals surface area contributed by atoms with E-state index in [1.54, 1.807) is 41.4 Å². The van der Waals surface area contributed by atoms with E-state index in [1.165, 1.54) is 0 Å². The van der Waals surface area contributed by atoms with Crippen molar-refractivity contribution in [1.29, 1.82) is 0 Å². The first kappa shape index (κ1) is 23.7. The van der Waals surface area contributed by atoms with E-state index in [0.717, 1.165) is 28.2 Å². The second-order valence-corrected chi connectivity index (χ2v) is 9.50. The number of nitrogens with zero attached hydrogens (tertiary/aromatic N) is 3. The van der Waals surface area contributed by atoms with E-state index in [4.69, 9.17) is 11.6 Å². The molecule has 0 aliphatic carbocycles. The van der Waals surface area contributed by atoms with Crippen molar-refractivity contribution >= 4 is 34.8 Å². The van der Waals surface area contributed by atoms with Crippen molar-refractivity contribution in [1.82, 2.24) is 9.55 Å². The lowest BCUT2D eigenvalue weighted by atomic mass is 10.1. The molecule has 0 spiro atoms. The smallest absolute Gasteiger partial charge is 0.260 e. The Morgan fingerprint density at radius 1 is 0.842 bits per heavy atom. The number of carbonyl (C=O) groups is 2. The van der Waals surface area contributed by atoms with Crippen LogP contribution in [0.3, 0.4) is 0 Å². The molecule has 1 aliphatic rings. The molecule has 2 aromatic heterocycles. The zero-order valence-electron chi connectivity index (χ0n) is 20.3. The molecule has 3 heterocycles. The van der Waals surface area contributed by atoms with Crippen molar-refractivity contribution in [3.05, 3.63) is 137 Å². The number of benzene rings is 3. The van der Waals surface area contributed by atoms with Gasteiger partial charge in [0, 0.05) is 47.1 Å². The number of amides is 2. The van der Waals surface area contributed by atoms with Gasteiger partial charge in [-0.1, -0.05) is 48.0 Å². The minimum absolute atomic E-state index is 0.196. The Bertz CT molecular complexity index is 1660. The first-order chi connectivity index (χ1) is 18.6. The molecule has 1 aliphatic heterocycles. The highest BCUT2D eigenvalue weighted by Crippen LogP contribution is 2.31. The number of pyridine rings is 1. The van der Waals surface area contributed by atoms with Crippen LogP contribution >= 0.6 is 11.6 Å². The van der Waals surface area contributed by atoms with Crippen LogP contribution in [0, 0.1) is 0 Å². The summed E-state index contributed by atoms with van der Waals surface area (Å²) in [5.41, 5.74) is 5.97. The molecule has 186 valence electrons. The molecule has 5 aromatic rings. The molecule has 6 nitrogen and oxygen atoms in total. The first-order valence-electron chi connectivity index (χ1n) is 12.2. The highest BCUT2D eigenvalue weighted by molar-refractivity contribution is 6.35. The Hall–Kier alpha value is -4.68. The molecule has 0 fully saturated rings. The summed E-state index contributed by atoms with van der Waals surface area (Å²) in [6, 6.07) is 29.8. The fourth-order valence-electron chi connectivity index (χ4n) is 4.74. The molecular weight excluding hydrogens is 496 g/mol. The van der Waals surface area contributed by atoms with Crippen molar-refractivity contribution in [2.45, 2.75) is 13.1 Å². The van der Waals surface area contributed by atoms with Crippen LogP contribution < -0.4 is 10.2 Å². The lowest BCUT2D eigenvalue weighted by Crippen LogP contribution is -2.30. The van der Waals surface area contributed by atoms with E-state index >= 15 is 0 Å². The molecule has 0 unspecified atom stereocenters. The Morgan fingerprint density at radius 3 is 2.55 bits per heavy atom. The highest BCUT2D eigenvalue weighted by Gasteiger charge is 2.26. The van der Waals surface area contributed by atoms with Gasteiger partial charge in [0.1, 0.15) is 0 Å². The Labute approximate surface area is 225 Å². The number of fused-ring (bicyclic) bond motifs is 2. The summed E-state index contributed by atoms with van der Waals surface area (Å²) in [6.45, 7) is 1.13. The molecule has 0 saturated heterocycles. The molecule has 3 aromatic carbocycles. The number of rotatable bonds is 4. The van der Waals surface area contributed by atoms with E-state index in [2.05, 4.69) is 14.9 Å².